The third-order valence-electron chi connectivity index (χ3n) is 5.20. The summed E-state index contributed by atoms with van der Waals surface area (Å²) in [5.41, 5.74) is 1.60. The molecule has 0 atom stereocenters. The topological polar surface area (TPSA) is 71.4 Å². The fraction of sp³-hybridized carbons (Fsp3) is 0.381. The zero-order valence-corrected chi connectivity index (χ0v) is 15.8. The minimum absolute atomic E-state index is 0.0561. The van der Waals surface area contributed by atoms with E-state index in [1.54, 1.807) is 30.3 Å². The summed E-state index contributed by atoms with van der Waals surface area (Å²) in [6.45, 7) is 3.72. The quantitative estimate of drug-likeness (QED) is 0.898. The summed E-state index contributed by atoms with van der Waals surface area (Å²) in [7, 11) is 1.64. The predicted octanol–water partition coefficient (Wildman–Crippen LogP) is 1.98. The van der Waals surface area contributed by atoms with Crippen molar-refractivity contribution in [2.24, 2.45) is 13.0 Å². The van der Waals surface area contributed by atoms with Gasteiger partial charge < -0.3 is 14.8 Å². The standard InChI is InChI=1S/C21H25N3O3/c1-15-6-3-4-7-17(15)19(25)22-14-16-9-12-24(13-10-16)21(27)18-8-5-11-23(2)20(18)26/h3-8,11,16H,9-10,12-14H2,1-2H3,(H,22,25). The normalized spacial score (nSPS) is 14.8. The highest BCUT2D eigenvalue weighted by Gasteiger charge is 2.25. The number of pyridine rings is 1. The molecule has 0 aliphatic carbocycles. The number of hydrogen-bond acceptors (Lipinski definition) is 3. The van der Waals surface area contributed by atoms with Gasteiger partial charge in [0.25, 0.3) is 17.4 Å². The van der Waals surface area contributed by atoms with E-state index in [0.717, 1.165) is 18.4 Å². The number of benzene rings is 1. The van der Waals surface area contributed by atoms with Crippen LogP contribution in [0.3, 0.4) is 0 Å². The Morgan fingerprint density at radius 1 is 1.07 bits per heavy atom. The van der Waals surface area contributed by atoms with Crippen molar-refractivity contribution in [1.29, 1.82) is 0 Å². The van der Waals surface area contributed by atoms with Crippen LogP contribution in [0.5, 0.6) is 0 Å². The van der Waals surface area contributed by atoms with Crippen LogP contribution in [0, 0.1) is 12.8 Å². The van der Waals surface area contributed by atoms with Gasteiger partial charge in [-0.15, -0.1) is 0 Å². The molecule has 0 unspecified atom stereocenters. The van der Waals surface area contributed by atoms with E-state index in [1.807, 2.05) is 31.2 Å². The second kappa shape index (κ2) is 8.20. The van der Waals surface area contributed by atoms with E-state index < -0.39 is 0 Å². The van der Waals surface area contributed by atoms with Gasteiger partial charge in [-0.05, 0) is 49.4 Å². The molecule has 6 heteroatoms. The van der Waals surface area contributed by atoms with Crippen molar-refractivity contribution >= 4 is 11.8 Å². The second-order valence-corrected chi connectivity index (χ2v) is 7.10. The first-order valence-corrected chi connectivity index (χ1v) is 9.26. The van der Waals surface area contributed by atoms with Crippen LogP contribution in [0.4, 0.5) is 0 Å². The average Bonchev–Trinajstić information content (AvgIpc) is 2.68. The number of piperidine rings is 1. The van der Waals surface area contributed by atoms with Gasteiger partial charge in [0.05, 0.1) is 0 Å². The number of aromatic nitrogens is 1. The molecule has 1 aromatic carbocycles. The first-order valence-electron chi connectivity index (χ1n) is 9.26. The molecule has 1 N–H and O–H groups in total. The summed E-state index contributed by atoms with van der Waals surface area (Å²) >= 11 is 0. The maximum absolute atomic E-state index is 12.6. The Hall–Kier alpha value is -2.89. The monoisotopic (exact) mass is 367 g/mol. The lowest BCUT2D eigenvalue weighted by atomic mass is 9.96. The number of amides is 2. The summed E-state index contributed by atoms with van der Waals surface area (Å²) in [5, 5.41) is 3.01. The molecule has 2 heterocycles. The first kappa shape index (κ1) is 18.9. The van der Waals surface area contributed by atoms with Crippen molar-refractivity contribution in [2.75, 3.05) is 19.6 Å². The fourth-order valence-electron chi connectivity index (χ4n) is 3.43. The Balaban J connectivity index is 1.52. The molecule has 0 bridgehead atoms. The van der Waals surface area contributed by atoms with Crippen LogP contribution in [0.1, 0.15) is 39.1 Å². The average molecular weight is 367 g/mol. The van der Waals surface area contributed by atoms with E-state index >= 15 is 0 Å². The van der Waals surface area contributed by atoms with Crippen molar-refractivity contribution in [2.45, 2.75) is 19.8 Å². The highest BCUT2D eigenvalue weighted by atomic mass is 16.2. The van der Waals surface area contributed by atoms with Gasteiger partial charge in [-0.25, -0.2) is 0 Å². The molecule has 2 aromatic rings. The Morgan fingerprint density at radius 3 is 2.44 bits per heavy atom. The van der Waals surface area contributed by atoms with Gasteiger partial charge in [0.2, 0.25) is 0 Å². The zero-order valence-electron chi connectivity index (χ0n) is 15.8. The fourth-order valence-corrected chi connectivity index (χ4v) is 3.43. The van der Waals surface area contributed by atoms with E-state index in [1.165, 1.54) is 4.57 Å². The first-order chi connectivity index (χ1) is 13.0. The summed E-state index contributed by atoms with van der Waals surface area (Å²) in [6, 6.07) is 10.8. The van der Waals surface area contributed by atoms with Gasteiger partial charge >= 0.3 is 0 Å². The number of hydrogen-bond donors (Lipinski definition) is 1. The van der Waals surface area contributed by atoms with Crippen LogP contribution < -0.4 is 10.9 Å². The molecule has 0 spiro atoms. The Morgan fingerprint density at radius 2 is 1.74 bits per heavy atom. The lowest BCUT2D eigenvalue weighted by Crippen LogP contribution is -2.43. The maximum atomic E-state index is 12.6. The number of likely N-dealkylation sites (tertiary alicyclic amines) is 1. The largest absolute Gasteiger partial charge is 0.352 e. The summed E-state index contributed by atoms with van der Waals surface area (Å²) < 4.78 is 1.42. The van der Waals surface area contributed by atoms with Crippen LogP contribution in [0.25, 0.3) is 0 Å². The van der Waals surface area contributed by atoms with Crippen LogP contribution in [0.15, 0.2) is 47.4 Å². The van der Waals surface area contributed by atoms with Gasteiger partial charge in [0.15, 0.2) is 0 Å². The van der Waals surface area contributed by atoms with Crippen LogP contribution in [0.2, 0.25) is 0 Å². The van der Waals surface area contributed by atoms with Crippen molar-refractivity contribution < 1.29 is 9.59 Å². The number of carbonyl (C=O) groups excluding carboxylic acids is 2. The molecular formula is C21H25N3O3. The third kappa shape index (κ3) is 4.27. The van der Waals surface area contributed by atoms with Crippen LogP contribution >= 0.6 is 0 Å². The van der Waals surface area contributed by atoms with Gasteiger partial charge in [0.1, 0.15) is 5.56 Å². The van der Waals surface area contributed by atoms with Crippen LogP contribution in [-0.4, -0.2) is 40.9 Å². The van der Waals surface area contributed by atoms with Crippen molar-refractivity contribution in [3.63, 3.8) is 0 Å². The van der Waals surface area contributed by atoms with Crippen molar-refractivity contribution in [3.8, 4) is 0 Å². The molecule has 0 radical (unpaired) electrons. The Bertz CT molecular complexity index is 896. The number of carbonyl (C=O) groups is 2. The van der Waals surface area contributed by atoms with Gasteiger partial charge in [-0.2, -0.15) is 0 Å². The third-order valence-corrected chi connectivity index (χ3v) is 5.20. The molecular weight excluding hydrogens is 342 g/mol. The highest BCUT2D eigenvalue weighted by molar-refractivity contribution is 5.95. The van der Waals surface area contributed by atoms with Gasteiger partial charge in [-0.1, -0.05) is 18.2 Å². The molecule has 142 valence electrons. The van der Waals surface area contributed by atoms with Gasteiger partial charge in [-0.3, -0.25) is 14.4 Å². The number of nitrogens with zero attached hydrogens (tertiary/aromatic N) is 2. The lowest BCUT2D eigenvalue weighted by Gasteiger charge is -2.32. The van der Waals surface area contributed by atoms with E-state index in [0.29, 0.717) is 31.1 Å². The molecule has 1 aliphatic rings. The van der Waals surface area contributed by atoms with Crippen molar-refractivity contribution in [1.82, 2.24) is 14.8 Å². The van der Waals surface area contributed by atoms with Gasteiger partial charge in [0, 0.05) is 38.4 Å². The van der Waals surface area contributed by atoms with E-state index in [9.17, 15) is 14.4 Å². The number of nitrogens with one attached hydrogen (secondary N) is 1. The summed E-state index contributed by atoms with van der Waals surface area (Å²) in [6.07, 6.45) is 3.27. The summed E-state index contributed by atoms with van der Waals surface area (Å²) in [5.74, 6) is 0.0682. The minimum atomic E-state index is -0.268. The molecule has 0 saturated carbocycles. The summed E-state index contributed by atoms with van der Waals surface area (Å²) in [4.78, 5) is 38.8. The Labute approximate surface area is 158 Å². The zero-order chi connectivity index (χ0) is 19.4. The molecule has 1 aromatic heterocycles. The second-order valence-electron chi connectivity index (χ2n) is 7.10. The molecule has 1 fully saturated rings. The Kier molecular flexibility index (Phi) is 5.74. The van der Waals surface area contributed by atoms with Crippen LogP contribution in [-0.2, 0) is 7.05 Å². The van der Waals surface area contributed by atoms with E-state index in [-0.39, 0.29) is 22.9 Å². The minimum Gasteiger partial charge on any atom is -0.352 e. The molecule has 1 aliphatic heterocycles. The lowest BCUT2D eigenvalue weighted by molar-refractivity contribution is 0.0682. The smallest absolute Gasteiger partial charge is 0.263 e. The molecule has 2 amide bonds. The number of aryl methyl sites for hydroxylation is 2. The predicted molar refractivity (Wildman–Crippen MR) is 104 cm³/mol. The maximum Gasteiger partial charge on any atom is 0.263 e. The number of rotatable bonds is 4. The van der Waals surface area contributed by atoms with Crippen molar-refractivity contribution in [3.05, 3.63) is 69.6 Å². The molecule has 1 saturated heterocycles. The highest BCUT2D eigenvalue weighted by Crippen LogP contribution is 2.18. The molecule has 3 rings (SSSR count). The molecule has 6 nitrogen and oxygen atoms in total. The molecule has 27 heavy (non-hydrogen) atoms. The van der Waals surface area contributed by atoms with E-state index in [2.05, 4.69) is 5.32 Å². The SMILES string of the molecule is Cc1ccccc1C(=O)NCC1CCN(C(=O)c2cccn(C)c2=O)CC1. The van der Waals surface area contributed by atoms with E-state index in [4.69, 9.17) is 0 Å².